The summed E-state index contributed by atoms with van der Waals surface area (Å²) >= 11 is 0. The first kappa shape index (κ1) is 14.3. The van der Waals surface area contributed by atoms with Gasteiger partial charge in [0, 0.05) is 18.6 Å². The van der Waals surface area contributed by atoms with Gasteiger partial charge >= 0.3 is 0 Å². The van der Waals surface area contributed by atoms with Crippen molar-refractivity contribution in [3.8, 4) is 0 Å². The van der Waals surface area contributed by atoms with E-state index < -0.39 is 0 Å². The lowest BCUT2D eigenvalue weighted by Gasteiger charge is -2.27. The molecule has 1 aliphatic heterocycles. The molecular formula is C16H32N2. The predicted molar refractivity (Wildman–Crippen MR) is 78.9 cm³/mol. The molecule has 1 saturated heterocycles. The van der Waals surface area contributed by atoms with E-state index in [1.54, 1.807) is 0 Å². The van der Waals surface area contributed by atoms with Gasteiger partial charge in [0.05, 0.1) is 0 Å². The third kappa shape index (κ3) is 4.24. The van der Waals surface area contributed by atoms with Crippen molar-refractivity contribution in [2.75, 3.05) is 19.6 Å². The minimum Gasteiger partial charge on any atom is -0.312 e. The van der Waals surface area contributed by atoms with Crippen LogP contribution in [0.15, 0.2) is 0 Å². The normalized spacial score (nSPS) is 31.2. The van der Waals surface area contributed by atoms with Crippen molar-refractivity contribution in [1.82, 2.24) is 10.2 Å². The number of hydrogen-bond acceptors (Lipinski definition) is 2. The molecule has 2 aliphatic rings. The molecule has 2 fully saturated rings. The second-order valence-electron chi connectivity index (χ2n) is 7.29. The summed E-state index contributed by atoms with van der Waals surface area (Å²) in [5.41, 5.74) is 0.580. The standard InChI is InChI=1S/C16H32N2/c1-14(18-11-4-5-12-18)13-17-15-7-6-9-16(2,3)10-8-15/h14-15,17H,4-13H2,1-3H3. The summed E-state index contributed by atoms with van der Waals surface area (Å²) in [6, 6.07) is 1.50. The van der Waals surface area contributed by atoms with Crippen LogP contribution in [0.4, 0.5) is 0 Å². The summed E-state index contributed by atoms with van der Waals surface area (Å²) in [6.07, 6.45) is 9.78. The van der Waals surface area contributed by atoms with Crippen LogP contribution in [0.25, 0.3) is 0 Å². The first-order valence-corrected chi connectivity index (χ1v) is 8.04. The van der Waals surface area contributed by atoms with Gasteiger partial charge in [0.2, 0.25) is 0 Å². The summed E-state index contributed by atoms with van der Waals surface area (Å²) in [5, 5.41) is 3.83. The van der Waals surface area contributed by atoms with Crippen LogP contribution in [0.5, 0.6) is 0 Å². The van der Waals surface area contributed by atoms with Crippen LogP contribution < -0.4 is 5.32 Å². The maximum absolute atomic E-state index is 3.83. The van der Waals surface area contributed by atoms with E-state index in [2.05, 4.69) is 31.0 Å². The van der Waals surface area contributed by atoms with Gasteiger partial charge in [0.1, 0.15) is 0 Å². The molecule has 0 radical (unpaired) electrons. The highest BCUT2D eigenvalue weighted by atomic mass is 15.2. The Morgan fingerprint density at radius 3 is 2.56 bits per heavy atom. The van der Waals surface area contributed by atoms with E-state index >= 15 is 0 Å². The summed E-state index contributed by atoms with van der Waals surface area (Å²) in [7, 11) is 0. The fourth-order valence-corrected chi connectivity index (χ4v) is 3.51. The molecule has 0 aromatic carbocycles. The van der Waals surface area contributed by atoms with Crippen LogP contribution in [0.2, 0.25) is 0 Å². The van der Waals surface area contributed by atoms with Crippen LogP contribution in [-0.2, 0) is 0 Å². The highest BCUT2D eigenvalue weighted by Crippen LogP contribution is 2.33. The van der Waals surface area contributed by atoms with Crippen LogP contribution >= 0.6 is 0 Å². The van der Waals surface area contributed by atoms with Crippen molar-refractivity contribution >= 4 is 0 Å². The molecule has 0 bridgehead atoms. The molecule has 2 nitrogen and oxygen atoms in total. The van der Waals surface area contributed by atoms with Crippen LogP contribution in [0, 0.1) is 5.41 Å². The number of nitrogens with one attached hydrogen (secondary N) is 1. The lowest BCUT2D eigenvalue weighted by molar-refractivity contribution is 0.241. The van der Waals surface area contributed by atoms with E-state index in [9.17, 15) is 0 Å². The maximum Gasteiger partial charge on any atom is 0.0192 e. The second kappa shape index (κ2) is 6.38. The Kier molecular flexibility index (Phi) is 5.08. The summed E-state index contributed by atoms with van der Waals surface area (Å²) < 4.78 is 0. The molecule has 1 heterocycles. The molecule has 0 amide bonds. The van der Waals surface area contributed by atoms with Crippen molar-refractivity contribution in [3.05, 3.63) is 0 Å². The topological polar surface area (TPSA) is 15.3 Å². The zero-order chi connectivity index (χ0) is 13.0. The predicted octanol–water partition coefficient (Wildman–Crippen LogP) is 3.42. The van der Waals surface area contributed by atoms with Gasteiger partial charge in [-0.25, -0.2) is 0 Å². The molecule has 1 aliphatic carbocycles. The van der Waals surface area contributed by atoms with Gasteiger partial charge in [0.25, 0.3) is 0 Å². The highest BCUT2D eigenvalue weighted by Gasteiger charge is 2.25. The molecule has 1 saturated carbocycles. The molecule has 2 unspecified atom stereocenters. The Morgan fingerprint density at radius 2 is 1.83 bits per heavy atom. The molecule has 2 atom stereocenters. The minimum absolute atomic E-state index is 0.580. The lowest BCUT2D eigenvalue weighted by Crippen LogP contribution is -2.42. The highest BCUT2D eigenvalue weighted by molar-refractivity contribution is 4.81. The Balaban J connectivity index is 1.69. The second-order valence-corrected chi connectivity index (χ2v) is 7.29. The smallest absolute Gasteiger partial charge is 0.0192 e. The van der Waals surface area contributed by atoms with Gasteiger partial charge < -0.3 is 5.32 Å². The van der Waals surface area contributed by atoms with Gasteiger partial charge in [-0.15, -0.1) is 0 Å². The third-order valence-corrected chi connectivity index (χ3v) is 5.04. The van der Waals surface area contributed by atoms with Crippen LogP contribution in [0.1, 0.15) is 65.7 Å². The average Bonchev–Trinajstić information content (AvgIpc) is 2.79. The Bertz CT molecular complexity index is 243. The van der Waals surface area contributed by atoms with Gasteiger partial charge in [-0.1, -0.05) is 20.3 Å². The Labute approximate surface area is 114 Å². The van der Waals surface area contributed by atoms with Crippen molar-refractivity contribution in [2.24, 2.45) is 5.41 Å². The number of rotatable bonds is 4. The molecule has 0 spiro atoms. The lowest BCUT2D eigenvalue weighted by atomic mass is 9.85. The van der Waals surface area contributed by atoms with Gasteiger partial charge in [-0.2, -0.15) is 0 Å². The SMILES string of the molecule is CC(CNC1CCCC(C)(C)CC1)N1CCCC1. The number of likely N-dealkylation sites (tertiary alicyclic amines) is 1. The van der Waals surface area contributed by atoms with E-state index in [1.165, 1.54) is 64.6 Å². The summed E-state index contributed by atoms with van der Waals surface area (Å²) in [5.74, 6) is 0. The van der Waals surface area contributed by atoms with E-state index in [-0.39, 0.29) is 0 Å². The Morgan fingerprint density at radius 1 is 1.11 bits per heavy atom. The first-order valence-electron chi connectivity index (χ1n) is 8.04. The molecule has 106 valence electrons. The van der Waals surface area contributed by atoms with Crippen molar-refractivity contribution in [1.29, 1.82) is 0 Å². The zero-order valence-electron chi connectivity index (χ0n) is 12.7. The molecule has 2 rings (SSSR count). The summed E-state index contributed by atoms with van der Waals surface area (Å²) in [6.45, 7) is 11.1. The fraction of sp³-hybridized carbons (Fsp3) is 1.00. The van der Waals surface area contributed by atoms with Crippen molar-refractivity contribution in [3.63, 3.8) is 0 Å². The van der Waals surface area contributed by atoms with Crippen LogP contribution in [-0.4, -0.2) is 36.6 Å². The molecule has 18 heavy (non-hydrogen) atoms. The maximum atomic E-state index is 3.83. The van der Waals surface area contributed by atoms with Gasteiger partial charge in [0.15, 0.2) is 0 Å². The van der Waals surface area contributed by atoms with E-state index in [0.29, 0.717) is 5.41 Å². The molecule has 1 N–H and O–H groups in total. The van der Waals surface area contributed by atoms with Gasteiger partial charge in [-0.3, -0.25) is 4.90 Å². The summed E-state index contributed by atoms with van der Waals surface area (Å²) in [4.78, 5) is 2.65. The van der Waals surface area contributed by atoms with Gasteiger partial charge in [-0.05, 0) is 64.0 Å². The fourth-order valence-electron chi connectivity index (χ4n) is 3.51. The monoisotopic (exact) mass is 252 g/mol. The molecular weight excluding hydrogens is 220 g/mol. The number of hydrogen-bond donors (Lipinski definition) is 1. The average molecular weight is 252 g/mol. The first-order chi connectivity index (χ1) is 8.57. The van der Waals surface area contributed by atoms with Crippen LogP contribution in [0.3, 0.4) is 0 Å². The zero-order valence-corrected chi connectivity index (χ0v) is 12.7. The third-order valence-electron chi connectivity index (χ3n) is 5.04. The van der Waals surface area contributed by atoms with Crippen molar-refractivity contribution < 1.29 is 0 Å². The molecule has 0 aromatic rings. The number of nitrogens with zero attached hydrogens (tertiary/aromatic N) is 1. The van der Waals surface area contributed by atoms with E-state index in [1.807, 2.05) is 0 Å². The Hall–Kier alpha value is -0.0800. The quantitative estimate of drug-likeness (QED) is 0.771. The minimum atomic E-state index is 0.580. The largest absolute Gasteiger partial charge is 0.312 e. The van der Waals surface area contributed by atoms with E-state index in [4.69, 9.17) is 0 Å². The molecule has 2 heteroatoms. The van der Waals surface area contributed by atoms with E-state index in [0.717, 1.165) is 12.1 Å². The van der Waals surface area contributed by atoms with Crippen molar-refractivity contribution in [2.45, 2.75) is 77.8 Å². The molecule has 0 aromatic heterocycles.